The van der Waals surface area contributed by atoms with Crippen molar-refractivity contribution in [3.05, 3.63) is 23.2 Å². The number of benzene rings is 1. The SMILES string of the molecule is CN1CCC(CNc2ccc(O)c(Cl)c2)CC1. The van der Waals surface area contributed by atoms with Crippen molar-refractivity contribution in [1.82, 2.24) is 4.90 Å². The minimum Gasteiger partial charge on any atom is -0.506 e. The van der Waals surface area contributed by atoms with Gasteiger partial charge in [0.15, 0.2) is 0 Å². The van der Waals surface area contributed by atoms with Gasteiger partial charge in [-0.25, -0.2) is 0 Å². The number of aromatic hydroxyl groups is 1. The van der Waals surface area contributed by atoms with Gasteiger partial charge in [0.1, 0.15) is 5.75 Å². The van der Waals surface area contributed by atoms with Gasteiger partial charge in [0.05, 0.1) is 5.02 Å². The summed E-state index contributed by atoms with van der Waals surface area (Å²) < 4.78 is 0. The van der Waals surface area contributed by atoms with E-state index in [0.29, 0.717) is 5.02 Å². The molecule has 0 radical (unpaired) electrons. The second-order valence-corrected chi connectivity index (χ2v) is 5.20. The highest BCUT2D eigenvalue weighted by molar-refractivity contribution is 6.32. The van der Waals surface area contributed by atoms with Crippen LogP contribution in [0.15, 0.2) is 18.2 Å². The predicted molar refractivity (Wildman–Crippen MR) is 71.8 cm³/mol. The Balaban J connectivity index is 1.83. The summed E-state index contributed by atoms with van der Waals surface area (Å²) in [5.74, 6) is 0.871. The lowest BCUT2D eigenvalue weighted by molar-refractivity contribution is 0.226. The summed E-state index contributed by atoms with van der Waals surface area (Å²) in [6.45, 7) is 3.35. The maximum Gasteiger partial charge on any atom is 0.134 e. The molecule has 0 spiro atoms. The number of nitrogens with zero attached hydrogens (tertiary/aromatic N) is 1. The number of phenolic OH excluding ortho intramolecular Hbond substituents is 1. The van der Waals surface area contributed by atoms with Crippen molar-refractivity contribution in [2.45, 2.75) is 12.8 Å². The summed E-state index contributed by atoms with van der Waals surface area (Å²) in [6, 6.07) is 5.25. The second-order valence-electron chi connectivity index (χ2n) is 4.79. The highest BCUT2D eigenvalue weighted by Crippen LogP contribution is 2.26. The van der Waals surface area contributed by atoms with Gasteiger partial charge in [0.25, 0.3) is 0 Å². The third kappa shape index (κ3) is 3.51. The van der Waals surface area contributed by atoms with Crippen LogP contribution in [0.1, 0.15) is 12.8 Å². The van der Waals surface area contributed by atoms with Crippen LogP contribution in [0.4, 0.5) is 5.69 Å². The van der Waals surface area contributed by atoms with Crippen molar-refractivity contribution < 1.29 is 5.11 Å². The largest absolute Gasteiger partial charge is 0.506 e. The molecule has 0 amide bonds. The van der Waals surface area contributed by atoms with Crippen molar-refractivity contribution in [3.8, 4) is 5.75 Å². The number of phenols is 1. The van der Waals surface area contributed by atoms with Crippen molar-refractivity contribution in [3.63, 3.8) is 0 Å². The Kier molecular flexibility index (Phi) is 4.13. The van der Waals surface area contributed by atoms with E-state index in [1.807, 2.05) is 6.07 Å². The van der Waals surface area contributed by atoms with Crippen LogP contribution >= 0.6 is 11.6 Å². The third-order valence-electron chi connectivity index (χ3n) is 3.38. The average molecular weight is 255 g/mol. The molecule has 2 rings (SSSR count). The summed E-state index contributed by atoms with van der Waals surface area (Å²) in [6.07, 6.45) is 2.49. The zero-order valence-corrected chi connectivity index (χ0v) is 10.9. The number of hydrogen-bond acceptors (Lipinski definition) is 3. The van der Waals surface area contributed by atoms with Gasteiger partial charge in [-0.3, -0.25) is 0 Å². The molecule has 0 aliphatic carbocycles. The fraction of sp³-hybridized carbons (Fsp3) is 0.538. The van der Waals surface area contributed by atoms with E-state index in [-0.39, 0.29) is 5.75 Å². The average Bonchev–Trinajstić information content (AvgIpc) is 2.33. The minimum absolute atomic E-state index is 0.136. The molecule has 94 valence electrons. The van der Waals surface area contributed by atoms with Crippen LogP contribution in [0, 0.1) is 5.92 Å². The Morgan fingerprint density at radius 2 is 2.12 bits per heavy atom. The van der Waals surface area contributed by atoms with Crippen LogP contribution in [-0.2, 0) is 0 Å². The first-order chi connectivity index (χ1) is 8.15. The zero-order valence-electron chi connectivity index (χ0n) is 10.1. The molecule has 1 saturated heterocycles. The smallest absolute Gasteiger partial charge is 0.134 e. The Morgan fingerprint density at radius 1 is 1.41 bits per heavy atom. The number of halogens is 1. The molecule has 0 aromatic heterocycles. The molecule has 1 aromatic rings. The first-order valence-corrected chi connectivity index (χ1v) is 6.44. The molecule has 0 saturated carbocycles. The van der Waals surface area contributed by atoms with E-state index in [2.05, 4.69) is 17.3 Å². The van der Waals surface area contributed by atoms with Crippen LogP contribution in [0.2, 0.25) is 5.02 Å². The van der Waals surface area contributed by atoms with Crippen LogP contribution < -0.4 is 5.32 Å². The van der Waals surface area contributed by atoms with Crippen molar-refractivity contribution in [2.24, 2.45) is 5.92 Å². The lowest BCUT2D eigenvalue weighted by Gasteiger charge is -2.29. The molecule has 1 heterocycles. The number of likely N-dealkylation sites (tertiary alicyclic amines) is 1. The highest BCUT2D eigenvalue weighted by Gasteiger charge is 2.16. The molecule has 0 unspecified atom stereocenters. The first kappa shape index (κ1) is 12.5. The van der Waals surface area contributed by atoms with Crippen LogP contribution in [0.5, 0.6) is 5.75 Å². The molecule has 1 aliphatic rings. The normalized spacial score (nSPS) is 18.2. The summed E-state index contributed by atoms with van der Waals surface area (Å²) >= 11 is 5.86. The molecule has 0 bridgehead atoms. The van der Waals surface area contributed by atoms with Gasteiger partial charge in [0, 0.05) is 12.2 Å². The maximum atomic E-state index is 9.32. The van der Waals surface area contributed by atoms with Gasteiger partial charge >= 0.3 is 0 Å². The molecule has 4 heteroatoms. The summed E-state index contributed by atoms with van der Waals surface area (Å²) in [4.78, 5) is 2.37. The molecular formula is C13H19ClN2O. The summed E-state index contributed by atoms with van der Waals surface area (Å²) in [5.41, 5.74) is 0.978. The van der Waals surface area contributed by atoms with Gasteiger partial charge in [-0.15, -0.1) is 0 Å². The van der Waals surface area contributed by atoms with Gasteiger partial charge in [-0.05, 0) is 57.1 Å². The zero-order chi connectivity index (χ0) is 12.3. The quantitative estimate of drug-likeness (QED) is 0.815. The van der Waals surface area contributed by atoms with Crippen molar-refractivity contribution in [1.29, 1.82) is 0 Å². The highest BCUT2D eigenvalue weighted by atomic mass is 35.5. The van der Waals surface area contributed by atoms with Gasteiger partial charge in [-0.1, -0.05) is 11.6 Å². The fourth-order valence-corrected chi connectivity index (χ4v) is 2.33. The molecule has 3 nitrogen and oxygen atoms in total. The first-order valence-electron chi connectivity index (χ1n) is 6.06. The molecule has 0 atom stereocenters. The van der Waals surface area contributed by atoms with Crippen molar-refractivity contribution in [2.75, 3.05) is 32.0 Å². The third-order valence-corrected chi connectivity index (χ3v) is 3.68. The molecule has 2 N–H and O–H groups in total. The minimum atomic E-state index is 0.136. The van der Waals surface area contributed by atoms with E-state index in [1.54, 1.807) is 12.1 Å². The Hall–Kier alpha value is -0.930. The molecule has 1 fully saturated rings. The predicted octanol–water partition coefficient (Wildman–Crippen LogP) is 2.80. The second kappa shape index (κ2) is 5.61. The Morgan fingerprint density at radius 3 is 2.76 bits per heavy atom. The van der Waals surface area contributed by atoms with Gasteiger partial charge < -0.3 is 15.3 Å². The number of piperidine rings is 1. The van der Waals surface area contributed by atoms with E-state index >= 15 is 0 Å². The molecule has 1 aromatic carbocycles. The Bertz CT molecular complexity index is 376. The summed E-state index contributed by atoms with van der Waals surface area (Å²) in [7, 11) is 2.17. The Labute approximate surface area is 107 Å². The number of anilines is 1. The lowest BCUT2D eigenvalue weighted by Crippen LogP contribution is -2.32. The van der Waals surface area contributed by atoms with Crippen LogP contribution in [-0.4, -0.2) is 36.7 Å². The number of nitrogens with one attached hydrogen (secondary N) is 1. The van der Waals surface area contributed by atoms with Crippen LogP contribution in [0.25, 0.3) is 0 Å². The monoisotopic (exact) mass is 254 g/mol. The molecular weight excluding hydrogens is 236 g/mol. The van der Waals surface area contributed by atoms with E-state index in [4.69, 9.17) is 11.6 Å². The summed E-state index contributed by atoms with van der Waals surface area (Å²) in [5, 5.41) is 13.1. The van der Waals surface area contributed by atoms with E-state index in [9.17, 15) is 5.11 Å². The van der Waals surface area contributed by atoms with E-state index in [1.165, 1.54) is 25.9 Å². The molecule has 1 aliphatic heterocycles. The van der Waals surface area contributed by atoms with Crippen LogP contribution in [0.3, 0.4) is 0 Å². The fourth-order valence-electron chi connectivity index (χ4n) is 2.15. The van der Waals surface area contributed by atoms with E-state index in [0.717, 1.165) is 18.2 Å². The number of hydrogen-bond donors (Lipinski definition) is 2. The number of rotatable bonds is 3. The van der Waals surface area contributed by atoms with Gasteiger partial charge in [0.2, 0.25) is 0 Å². The van der Waals surface area contributed by atoms with Gasteiger partial charge in [-0.2, -0.15) is 0 Å². The maximum absolute atomic E-state index is 9.32. The van der Waals surface area contributed by atoms with E-state index < -0.39 is 0 Å². The topological polar surface area (TPSA) is 35.5 Å². The lowest BCUT2D eigenvalue weighted by atomic mass is 9.97. The molecule has 17 heavy (non-hydrogen) atoms. The van der Waals surface area contributed by atoms with Crippen molar-refractivity contribution >= 4 is 17.3 Å². The standard InChI is InChI=1S/C13H19ClN2O/c1-16-6-4-10(5-7-16)9-15-11-2-3-13(17)12(14)8-11/h2-3,8,10,15,17H,4-7,9H2,1H3.